The van der Waals surface area contributed by atoms with Crippen molar-refractivity contribution in [1.82, 2.24) is 9.78 Å². The molecule has 1 amide bonds. The van der Waals surface area contributed by atoms with Crippen molar-refractivity contribution in [3.8, 4) is 5.69 Å². The number of aliphatic imine (C=N–C) groups is 1. The lowest BCUT2D eigenvalue weighted by atomic mass is 10.2. The van der Waals surface area contributed by atoms with E-state index in [2.05, 4.69) is 10.1 Å². The van der Waals surface area contributed by atoms with E-state index in [1.807, 2.05) is 0 Å². The Balaban J connectivity index is 0.00000220. The minimum atomic E-state index is -0.794. The summed E-state index contributed by atoms with van der Waals surface area (Å²) in [5.74, 6) is -2.56. The van der Waals surface area contributed by atoms with Crippen molar-refractivity contribution in [1.29, 1.82) is 0 Å². The molecule has 1 aromatic heterocycles. The zero-order valence-corrected chi connectivity index (χ0v) is 11.7. The van der Waals surface area contributed by atoms with E-state index in [1.165, 1.54) is 16.9 Å². The van der Waals surface area contributed by atoms with Crippen molar-refractivity contribution in [3.05, 3.63) is 47.3 Å². The number of hydrogen-bond acceptors (Lipinski definition) is 2. The predicted molar refractivity (Wildman–Crippen MR) is 75.6 cm³/mol. The lowest BCUT2D eigenvalue weighted by Gasteiger charge is -2.06. The van der Waals surface area contributed by atoms with E-state index in [4.69, 9.17) is 11.5 Å². The van der Waals surface area contributed by atoms with Gasteiger partial charge in [-0.1, -0.05) is 0 Å². The molecule has 1 aromatic carbocycles. The molecule has 0 spiro atoms. The van der Waals surface area contributed by atoms with Crippen LogP contribution in [-0.2, 0) is 0 Å². The normalized spacial score (nSPS) is 9.86. The number of hydrogen-bond donors (Lipinski definition) is 2. The molecule has 4 N–H and O–H groups in total. The summed E-state index contributed by atoms with van der Waals surface area (Å²) in [5.41, 5.74) is 10.7. The Morgan fingerprint density at radius 3 is 2.57 bits per heavy atom. The largest absolute Gasteiger partial charge is 0.370 e. The van der Waals surface area contributed by atoms with Gasteiger partial charge in [-0.3, -0.25) is 4.79 Å². The smallest absolute Gasteiger partial charge is 0.283 e. The van der Waals surface area contributed by atoms with Gasteiger partial charge in [-0.05, 0) is 19.1 Å². The second-order valence-electron chi connectivity index (χ2n) is 3.99. The molecule has 9 heteroatoms. The highest BCUT2D eigenvalue weighted by molar-refractivity contribution is 6.02. The lowest BCUT2D eigenvalue weighted by Crippen LogP contribution is -2.24. The van der Waals surface area contributed by atoms with Crippen molar-refractivity contribution < 1.29 is 13.6 Å². The molecule has 0 saturated carbocycles. The maximum absolute atomic E-state index is 13.7. The molecule has 6 nitrogen and oxygen atoms in total. The third kappa shape index (κ3) is 3.34. The molecule has 0 radical (unpaired) electrons. The molecule has 0 atom stereocenters. The van der Waals surface area contributed by atoms with Crippen molar-refractivity contribution in [3.63, 3.8) is 0 Å². The van der Waals surface area contributed by atoms with Gasteiger partial charge in [0.1, 0.15) is 11.5 Å². The molecule has 2 rings (SSSR count). The van der Waals surface area contributed by atoms with E-state index in [1.54, 1.807) is 6.92 Å². The van der Waals surface area contributed by atoms with Crippen LogP contribution in [0, 0.1) is 18.6 Å². The van der Waals surface area contributed by atoms with Gasteiger partial charge in [0.2, 0.25) is 0 Å². The highest BCUT2D eigenvalue weighted by atomic mass is 35.5. The van der Waals surface area contributed by atoms with Gasteiger partial charge in [0.15, 0.2) is 11.8 Å². The van der Waals surface area contributed by atoms with Gasteiger partial charge in [-0.15, -0.1) is 12.4 Å². The molecule has 0 aliphatic rings. The van der Waals surface area contributed by atoms with Crippen LogP contribution in [0.4, 0.5) is 8.78 Å². The molecule has 112 valence electrons. The molecule has 0 bridgehead atoms. The SMILES string of the molecule is Cc1c(C(=O)N=C(N)N)cnn1-c1ccc(F)cc1F.Cl. The number of aromatic nitrogens is 2. The highest BCUT2D eigenvalue weighted by Crippen LogP contribution is 2.18. The fourth-order valence-corrected chi connectivity index (χ4v) is 1.69. The minimum absolute atomic E-state index is 0. The summed E-state index contributed by atoms with van der Waals surface area (Å²) in [6.45, 7) is 1.55. The van der Waals surface area contributed by atoms with E-state index < -0.39 is 17.5 Å². The van der Waals surface area contributed by atoms with Gasteiger partial charge >= 0.3 is 0 Å². The fraction of sp³-hybridized carbons (Fsp3) is 0.0833. The Morgan fingerprint density at radius 2 is 2.00 bits per heavy atom. The molecule has 0 aliphatic heterocycles. The third-order valence-corrected chi connectivity index (χ3v) is 2.61. The number of carbonyl (C=O) groups is 1. The van der Waals surface area contributed by atoms with E-state index in [-0.39, 0.29) is 29.6 Å². The second-order valence-corrected chi connectivity index (χ2v) is 3.99. The van der Waals surface area contributed by atoms with E-state index in [0.717, 1.165) is 12.1 Å². The summed E-state index contributed by atoms with van der Waals surface area (Å²) >= 11 is 0. The van der Waals surface area contributed by atoms with E-state index in [0.29, 0.717) is 5.69 Å². The maximum atomic E-state index is 13.7. The molecule has 1 heterocycles. The minimum Gasteiger partial charge on any atom is -0.370 e. The Labute approximate surface area is 124 Å². The number of benzene rings is 1. The average Bonchev–Trinajstić information content (AvgIpc) is 2.70. The number of guanidine groups is 1. The van der Waals surface area contributed by atoms with Gasteiger partial charge in [-0.25, -0.2) is 13.5 Å². The molecule has 0 aliphatic carbocycles. The van der Waals surface area contributed by atoms with E-state index >= 15 is 0 Å². The number of nitrogens with zero attached hydrogens (tertiary/aromatic N) is 3. The van der Waals surface area contributed by atoms with Gasteiger partial charge in [-0.2, -0.15) is 10.1 Å². The monoisotopic (exact) mass is 315 g/mol. The van der Waals surface area contributed by atoms with Crippen molar-refractivity contribution in [2.45, 2.75) is 6.92 Å². The van der Waals surface area contributed by atoms with Crippen LogP contribution in [0.25, 0.3) is 5.69 Å². The molecular weight excluding hydrogens is 304 g/mol. The Kier molecular flexibility index (Phi) is 4.98. The Morgan fingerprint density at radius 1 is 1.33 bits per heavy atom. The fourth-order valence-electron chi connectivity index (χ4n) is 1.69. The summed E-state index contributed by atoms with van der Waals surface area (Å²) in [6.07, 6.45) is 1.22. The van der Waals surface area contributed by atoms with Crippen molar-refractivity contribution >= 4 is 24.3 Å². The number of halogens is 3. The van der Waals surface area contributed by atoms with Crippen LogP contribution < -0.4 is 11.5 Å². The van der Waals surface area contributed by atoms with Crippen LogP contribution in [0.3, 0.4) is 0 Å². The van der Waals surface area contributed by atoms with Gasteiger partial charge in [0, 0.05) is 6.07 Å². The highest BCUT2D eigenvalue weighted by Gasteiger charge is 2.17. The number of carbonyl (C=O) groups excluding carboxylic acids is 1. The van der Waals surface area contributed by atoms with Crippen molar-refractivity contribution in [2.24, 2.45) is 16.5 Å². The standard InChI is InChI=1S/C12H11F2N5O.ClH/c1-6-8(11(20)18-12(15)16)5-17-19(6)10-3-2-7(13)4-9(10)14;/h2-5H,1H3,(H4,15,16,18,20);1H. The molecule has 0 saturated heterocycles. The quantitative estimate of drug-likeness (QED) is 0.644. The molecule has 0 unspecified atom stereocenters. The van der Waals surface area contributed by atoms with Crippen LogP contribution in [0.5, 0.6) is 0 Å². The number of amides is 1. The van der Waals surface area contributed by atoms with Crippen LogP contribution in [0.2, 0.25) is 0 Å². The third-order valence-electron chi connectivity index (χ3n) is 2.61. The first-order chi connectivity index (χ1) is 9.40. The summed E-state index contributed by atoms with van der Waals surface area (Å²) in [7, 11) is 0. The van der Waals surface area contributed by atoms with Gasteiger partial charge < -0.3 is 11.5 Å². The van der Waals surface area contributed by atoms with Crippen LogP contribution in [0.15, 0.2) is 29.4 Å². The second kappa shape index (κ2) is 6.31. The summed E-state index contributed by atoms with van der Waals surface area (Å²) in [4.78, 5) is 15.1. The summed E-state index contributed by atoms with van der Waals surface area (Å²) in [5, 5.41) is 3.89. The zero-order chi connectivity index (χ0) is 14.9. The lowest BCUT2D eigenvalue weighted by molar-refractivity contribution is 0.100. The first-order valence-electron chi connectivity index (χ1n) is 5.54. The number of nitrogens with two attached hydrogens (primary N) is 2. The maximum Gasteiger partial charge on any atom is 0.283 e. The molecule has 21 heavy (non-hydrogen) atoms. The van der Waals surface area contributed by atoms with Crippen LogP contribution in [-0.4, -0.2) is 21.6 Å². The van der Waals surface area contributed by atoms with Crippen LogP contribution >= 0.6 is 12.4 Å². The molecule has 0 fully saturated rings. The number of rotatable bonds is 2. The van der Waals surface area contributed by atoms with E-state index in [9.17, 15) is 13.6 Å². The van der Waals surface area contributed by atoms with Gasteiger partial charge in [0.25, 0.3) is 5.91 Å². The average molecular weight is 316 g/mol. The topological polar surface area (TPSA) is 99.3 Å². The Hall–Kier alpha value is -2.48. The van der Waals surface area contributed by atoms with Gasteiger partial charge in [0.05, 0.1) is 17.5 Å². The molecule has 2 aromatic rings. The summed E-state index contributed by atoms with van der Waals surface area (Å²) < 4.78 is 27.7. The first-order valence-corrected chi connectivity index (χ1v) is 5.54. The first kappa shape index (κ1) is 16.6. The zero-order valence-electron chi connectivity index (χ0n) is 10.9. The van der Waals surface area contributed by atoms with Crippen molar-refractivity contribution in [2.75, 3.05) is 0 Å². The molecular formula is C12H12ClF2N5O. The van der Waals surface area contributed by atoms with Crippen LogP contribution in [0.1, 0.15) is 16.1 Å². The predicted octanol–water partition coefficient (Wildman–Crippen LogP) is 1.29. The Bertz CT molecular complexity index is 710. The summed E-state index contributed by atoms with van der Waals surface area (Å²) in [6, 6.07) is 3.05.